The highest BCUT2D eigenvalue weighted by Gasteiger charge is 2.26. The molecule has 0 radical (unpaired) electrons. The van der Waals surface area contributed by atoms with E-state index in [9.17, 15) is 19.2 Å². The lowest BCUT2D eigenvalue weighted by atomic mass is 10.3. The van der Waals surface area contributed by atoms with Crippen LogP contribution in [0.15, 0.2) is 0 Å². The van der Waals surface area contributed by atoms with Crippen LogP contribution >= 0.6 is 16.1 Å². The lowest BCUT2D eigenvalue weighted by Crippen LogP contribution is -2.16. The van der Waals surface area contributed by atoms with E-state index in [0.29, 0.717) is 12.8 Å². The lowest BCUT2D eigenvalue weighted by molar-refractivity contribution is -0.143. The first-order valence-corrected chi connectivity index (χ1v) is 5.00. The zero-order chi connectivity index (χ0) is 12.7. The second kappa shape index (κ2) is 6.94. The largest absolute Gasteiger partial charge is 0.481 e. The molecule has 0 unspecified atom stereocenters. The van der Waals surface area contributed by atoms with Gasteiger partial charge in [-0.15, -0.1) is 0 Å². The molecule has 0 aliphatic carbocycles. The van der Waals surface area contributed by atoms with Crippen molar-refractivity contribution in [3.05, 3.63) is 0 Å². The minimum atomic E-state index is -1.08. The van der Waals surface area contributed by atoms with Crippen molar-refractivity contribution in [2.24, 2.45) is 0 Å². The number of aliphatic carboxylic acids is 2. The van der Waals surface area contributed by atoms with Crippen molar-refractivity contribution in [2.45, 2.75) is 25.7 Å². The third-order valence-electron chi connectivity index (χ3n) is 1.54. The smallest absolute Gasteiger partial charge is 0.303 e. The van der Waals surface area contributed by atoms with Gasteiger partial charge in [-0.3, -0.25) is 19.2 Å². The lowest BCUT2D eigenvalue weighted by Gasteiger charge is -1.97. The first-order valence-electron chi connectivity index (χ1n) is 4.29. The third-order valence-corrected chi connectivity index (χ3v) is 2.33. The van der Waals surface area contributed by atoms with Gasteiger partial charge in [0.15, 0.2) is 0 Å². The van der Waals surface area contributed by atoms with Gasteiger partial charge in [0, 0.05) is 12.8 Å². The van der Waals surface area contributed by atoms with Crippen LogP contribution in [-0.4, -0.2) is 37.9 Å². The Labute approximate surface area is 99.4 Å². The standard InChI is InChI=1S/C4H4BrNO2.C4H6O4/c5-6-3(7)1-2-4(6)8;5-3(6)1-2-4(7)8/h1-2H2;1-2H2,(H,5,6)(H,7,8). The van der Waals surface area contributed by atoms with Crippen molar-refractivity contribution in [1.29, 1.82) is 0 Å². The number of carbonyl (C=O) groups excluding carboxylic acids is 2. The molecule has 8 heteroatoms. The highest BCUT2D eigenvalue weighted by Crippen LogP contribution is 2.14. The Balaban J connectivity index is 0.000000281. The molecule has 0 atom stereocenters. The topological polar surface area (TPSA) is 112 Å². The van der Waals surface area contributed by atoms with Gasteiger partial charge in [0.1, 0.15) is 0 Å². The van der Waals surface area contributed by atoms with Crippen LogP contribution < -0.4 is 0 Å². The molecule has 90 valence electrons. The highest BCUT2D eigenvalue weighted by molar-refractivity contribution is 9.08. The Morgan fingerprint density at radius 1 is 1.06 bits per heavy atom. The molecule has 1 heterocycles. The summed E-state index contributed by atoms with van der Waals surface area (Å²) in [5, 5.41) is 15.8. The van der Waals surface area contributed by atoms with E-state index in [0.717, 1.165) is 3.93 Å². The molecule has 0 bridgehead atoms. The molecule has 1 fully saturated rings. The van der Waals surface area contributed by atoms with E-state index >= 15 is 0 Å². The summed E-state index contributed by atoms with van der Waals surface area (Å²) in [6.07, 6.45) is 0.110. The molecule has 0 aromatic rings. The fraction of sp³-hybridized carbons (Fsp3) is 0.500. The van der Waals surface area contributed by atoms with Gasteiger partial charge >= 0.3 is 11.9 Å². The summed E-state index contributed by atoms with van der Waals surface area (Å²) in [5.41, 5.74) is 0. The van der Waals surface area contributed by atoms with E-state index in [1.54, 1.807) is 0 Å². The van der Waals surface area contributed by atoms with Gasteiger partial charge in [-0.1, -0.05) is 0 Å². The summed E-state index contributed by atoms with van der Waals surface area (Å²) >= 11 is 2.80. The van der Waals surface area contributed by atoms with Gasteiger partial charge in [0.25, 0.3) is 0 Å². The molecule has 0 aromatic heterocycles. The number of hydrogen-bond donors (Lipinski definition) is 2. The van der Waals surface area contributed by atoms with E-state index in [2.05, 4.69) is 16.1 Å². The highest BCUT2D eigenvalue weighted by atomic mass is 79.9. The Bertz CT molecular complexity index is 286. The number of imide groups is 1. The maximum absolute atomic E-state index is 10.4. The minimum Gasteiger partial charge on any atom is -0.481 e. The number of halogens is 1. The van der Waals surface area contributed by atoms with Crippen molar-refractivity contribution in [3.63, 3.8) is 0 Å². The van der Waals surface area contributed by atoms with E-state index in [1.165, 1.54) is 0 Å². The van der Waals surface area contributed by atoms with Gasteiger partial charge in [-0.25, -0.2) is 3.93 Å². The number of rotatable bonds is 3. The molecule has 0 spiro atoms. The Kier molecular flexibility index (Phi) is 6.31. The molecule has 2 N–H and O–H groups in total. The maximum Gasteiger partial charge on any atom is 0.303 e. The molecule has 7 nitrogen and oxygen atoms in total. The molecule has 1 saturated heterocycles. The second-order valence-corrected chi connectivity index (χ2v) is 3.57. The van der Waals surface area contributed by atoms with Crippen LogP contribution in [0.5, 0.6) is 0 Å². The van der Waals surface area contributed by atoms with E-state index in [1.807, 2.05) is 0 Å². The first kappa shape index (κ1) is 14.6. The molecule has 1 aliphatic rings. The maximum atomic E-state index is 10.4. The molecular weight excluding hydrogens is 286 g/mol. The predicted octanol–water partition coefficient (Wildman–Crippen LogP) is 0.381. The first-order chi connectivity index (χ1) is 7.34. The number of carboxylic acids is 2. The molecule has 0 saturated carbocycles. The predicted molar refractivity (Wildman–Crippen MR) is 54.5 cm³/mol. The average molecular weight is 296 g/mol. The summed E-state index contributed by atoms with van der Waals surface area (Å²) in [7, 11) is 0. The number of hydrogen-bond acceptors (Lipinski definition) is 4. The number of carboxylic acid groups (broad SMARTS) is 2. The van der Waals surface area contributed by atoms with E-state index in [4.69, 9.17) is 10.2 Å². The van der Waals surface area contributed by atoms with Gasteiger partial charge < -0.3 is 10.2 Å². The summed E-state index contributed by atoms with van der Waals surface area (Å²) in [5.74, 6) is -2.44. The van der Waals surface area contributed by atoms with E-state index < -0.39 is 11.9 Å². The number of amides is 2. The minimum absolute atomic E-state index is 0.144. The fourth-order valence-corrected chi connectivity index (χ4v) is 1.12. The second-order valence-electron chi connectivity index (χ2n) is 2.86. The Hall–Kier alpha value is -1.44. The van der Waals surface area contributed by atoms with Crippen LogP contribution in [-0.2, 0) is 19.2 Å². The van der Waals surface area contributed by atoms with Gasteiger partial charge in [-0.2, -0.15) is 0 Å². The van der Waals surface area contributed by atoms with Gasteiger partial charge in [0.2, 0.25) is 11.8 Å². The fourth-order valence-electron chi connectivity index (χ4n) is 0.763. The van der Waals surface area contributed by atoms with Crippen LogP contribution in [0.4, 0.5) is 0 Å². The van der Waals surface area contributed by atoms with Crippen LogP contribution in [0.1, 0.15) is 25.7 Å². The Morgan fingerprint density at radius 3 is 1.50 bits per heavy atom. The van der Waals surface area contributed by atoms with Crippen molar-refractivity contribution < 1.29 is 29.4 Å². The van der Waals surface area contributed by atoms with Crippen molar-refractivity contribution in [2.75, 3.05) is 0 Å². The zero-order valence-electron chi connectivity index (χ0n) is 8.18. The van der Waals surface area contributed by atoms with Crippen LogP contribution in [0.2, 0.25) is 0 Å². The van der Waals surface area contributed by atoms with E-state index in [-0.39, 0.29) is 24.7 Å². The van der Waals surface area contributed by atoms with Gasteiger partial charge in [0.05, 0.1) is 29.0 Å². The molecule has 1 aliphatic heterocycles. The summed E-state index contributed by atoms with van der Waals surface area (Å²) in [6.45, 7) is 0. The number of nitrogens with zero attached hydrogens (tertiary/aromatic N) is 1. The molecular formula is C8H10BrNO6. The normalized spacial score (nSPS) is 14.4. The van der Waals surface area contributed by atoms with Crippen LogP contribution in [0, 0.1) is 0 Å². The number of carbonyl (C=O) groups is 4. The van der Waals surface area contributed by atoms with Crippen molar-refractivity contribution in [3.8, 4) is 0 Å². The quantitative estimate of drug-likeness (QED) is 0.575. The molecule has 0 aromatic carbocycles. The average Bonchev–Trinajstić information content (AvgIpc) is 2.47. The van der Waals surface area contributed by atoms with Gasteiger partial charge in [-0.05, 0) is 0 Å². The molecule has 2 amide bonds. The summed E-state index contributed by atoms with van der Waals surface area (Å²) in [6, 6.07) is 0. The zero-order valence-corrected chi connectivity index (χ0v) is 9.77. The summed E-state index contributed by atoms with van der Waals surface area (Å²) in [4.78, 5) is 40.2. The SMILES string of the molecule is O=C(O)CCC(=O)O.O=C1CCC(=O)N1Br. The third kappa shape index (κ3) is 6.12. The van der Waals surface area contributed by atoms with Crippen LogP contribution in [0.25, 0.3) is 0 Å². The molecule has 1 rings (SSSR count). The Morgan fingerprint density at radius 2 is 1.38 bits per heavy atom. The summed E-state index contributed by atoms with van der Waals surface area (Å²) < 4.78 is 0.979. The monoisotopic (exact) mass is 295 g/mol. The van der Waals surface area contributed by atoms with Crippen molar-refractivity contribution >= 4 is 39.9 Å². The van der Waals surface area contributed by atoms with Crippen molar-refractivity contribution in [1.82, 2.24) is 3.93 Å². The van der Waals surface area contributed by atoms with Crippen LogP contribution in [0.3, 0.4) is 0 Å². The molecule has 16 heavy (non-hydrogen) atoms.